The normalized spacial score (nSPS) is 15.2. The Morgan fingerprint density at radius 3 is 2.80 bits per heavy atom. The zero-order valence-corrected chi connectivity index (χ0v) is 12.4. The summed E-state index contributed by atoms with van der Waals surface area (Å²) in [7, 11) is -3.54. The molecule has 0 saturated heterocycles. The molecule has 2 heterocycles. The lowest BCUT2D eigenvalue weighted by atomic mass is 10.4. The third-order valence-corrected chi connectivity index (χ3v) is 5.88. The van der Waals surface area contributed by atoms with Gasteiger partial charge in [0.15, 0.2) is 0 Å². The smallest absolute Gasteiger partial charge is 0.272 e. The molecule has 106 valence electrons. The topological polar surface area (TPSA) is 71.1 Å². The van der Waals surface area contributed by atoms with Crippen molar-refractivity contribution < 1.29 is 8.42 Å². The Hall–Kier alpha value is -1.44. The van der Waals surface area contributed by atoms with E-state index in [0.717, 1.165) is 11.4 Å². The van der Waals surface area contributed by atoms with E-state index in [-0.39, 0.29) is 0 Å². The molecule has 0 aliphatic heterocycles. The Morgan fingerprint density at radius 1 is 1.25 bits per heavy atom. The number of anilines is 1. The molecule has 0 bridgehead atoms. The van der Waals surface area contributed by atoms with Crippen molar-refractivity contribution in [3.8, 4) is 0 Å². The number of rotatable bonds is 6. The summed E-state index contributed by atoms with van der Waals surface area (Å²) in [4.78, 5) is 4.99. The van der Waals surface area contributed by atoms with Gasteiger partial charge < -0.3 is 5.32 Å². The van der Waals surface area contributed by atoms with Crippen LogP contribution in [0, 0.1) is 0 Å². The van der Waals surface area contributed by atoms with Gasteiger partial charge in [-0.15, -0.1) is 11.3 Å². The van der Waals surface area contributed by atoms with E-state index in [1.54, 1.807) is 30.5 Å². The largest absolute Gasteiger partial charge is 0.309 e. The maximum Gasteiger partial charge on any atom is 0.272 e. The van der Waals surface area contributed by atoms with Crippen molar-refractivity contribution in [3.05, 3.63) is 41.4 Å². The third kappa shape index (κ3) is 3.36. The number of thiophene rings is 1. The molecule has 2 N–H and O–H groups in total. The monoisotopic (exact) mass is 309 g/mol. The summed E-state index contributed by atoms with van der Waals surface area (Å²) in [5, 5.41) is 3.37. The zero-order chi connectivity index (χ0) is 14.0. The van der Waals surface area contributed by atoms with E-state index in [9.17, 15) is 8.42 Å². The lowest BCUT2D eigenvalue weighted by molar-refractivity contribution is 0.603. The summed E-state index contributed by atoms with van der Waals surface area (Å²) in [6, 6.07) is 9.21. The standard InChI is InChI=1S/C13H15N3O2S2/c17-20(18,16-12-3-1-2-8-14-12)13-7-6-11(19-13)9-15-10-4-5-10/h1-3,6-8,10,15H,4-5,9H2,(H,14,16). The van der Waals surface area contributed by atoms with E-state index in [0.29, 0.717) is 16.1 Å². The van der Waals surface area contributed by atoms with Crippen molar-refractivity contribution in [2.75, 3.05) is 4.72 Å². The van der Waals surface area contributed by atoms with Crippen LogP contribution in [0.15, 0.2) is 40.7 Å². The van der Waals surface area contributed by atoms with Crippen LogP contribution in [-0.4, -0.2) is 19.4 Å². The van der Waals surface area contributed by atoms with Gasteiger partial charge in [-0.2, -0.15) is 0 Å². The number of hydrogen-bond donors (Lipinski definition) is 2. The molecule has 0 atom stereocenters. The molecule has 0 radical (unpaired) electrons. The van der Waals surface area contributed by atoms with Gasteiger partial charge >= 0.3 is 0 Å². The SMILES string of the molecule is O=S(=O)(Nc1ccccn1)c1ccc(CNC2CC2)s1. The highest BCUT2D eigenvalue weighted by Crippen LogP contribution is 2.25. The number of aromatic nitrogens is 1. The zero-order valence-electron chi connectivity index (χ0n) is 10.7. The Kier molecular flexibility index (Phi) is 3.73. The first-order valence-electron chi connectivity index (χ1n) is 6.39. The average Bonchev–Trinajstić information content (AvgIpc) is 3.13. The molecular weight excluding hydrogens is 294 g/mol. The maximum atomic E-state index is 12.2. The van der Waals surface area contributed by atoms with Gasteiger partial charge in [-0.3, -0.25) is 4.72 Å². The molecule has 1 aliphatic carbocycles. The second-order valence-corrected chi connectivity index (χ2v) is 7.77. The van der Waals surface area contributed by atoms with Gasteiger partial charge in [0, 0.05) is 23.7 Å². The van der Waals surface area contributed by atoms with Crippen LogP contribution in [-0.2, 0) is 16.6 Å². The minimum Gasteiger partial charge on any atom is -0.309 e. The fourth-order valence-corrected chi connectivity index (χ4v) is 4.06. The Bertz CT molecular complexity index is 679. The molecule has 2 aromatic heterocycles. The van der Waals surface area contributed by atoms with Gasteiger partial charge in [0.25, 0.3) is 10.0 Å². The first-order chi connectivity index (χ1) is 9.63. The quantitative estimate of drug-likeness (QED) is 0.858. The molecule has 1 saturated carbocycles. The Balaban J connectivity index is 1.70. The van der Waals surface area contributed by atoms with Gasteiger partial charge in [-0.05, 0) is 37.1 Å². The summed E-state index contributed by atoms with van der Waals surface area (Å²) < 4.78 is 27.2. The van der Waals surface area contributed by atoms with E-state index in [2.05, 4.69) is 15.0 Å². The van der Waals surface area contributed by atoms with Crippen LogP contribution in [0.4, 0.5) is 5.82 Å². The van der Waals surface area contributed by atoms with Gasteiger partial charge in [0.2, 0.25) is 0 Å². The van der Waals surface area contributed by atoms with Crippen molar-refractivity contribution in [1.82, 2.24) is 10.3 Å². The summed E-state index contributed by atoms with van der Waals surface area (Å²) >= 11 is 1.29. The predicted octanol–water partition coefficient (Wildman–Crippen LogP) is 2.20. The fraction of sp³-hybridized carbons (Fsp3) is 0.308. The number of sulfonamides is 1. The van der Waals surface area contributed by atoms with Crippen molar-refractivity contribution in [2.45, 2.75) is 29.6 Å². The van der Waals surface area contributed by atoms with E-state index in [1.165, 1.54) is 24.2 Å². The van der Waals surface area contributed by atoms with Gasteiger partial charge in [0.05, 0.1) is 0 Å². The highest BCUT2D eigenvalue weighted by molar-refractivity contribution is 7.94. The maximum absolute atomic E-state index is 12.2. The molecule has 20 heavy (non-hydrogen) atoms. The first-order valence-corrected chi connectivity index (χ1v) is 8.69. The predicted molar refractivity (Wildman–Crippen MR) is 79.2 cm³/mol. The molecule has 0 spiro atoms. The van der Waals surface area contributed by atoms with Crippen molar-refractivity contribution in [1.29, 1.82) is 0 Å². The Morgan fingerprint density at radius 2 is 2.10 bits per heavy atom. The molecular formula is C13H15N3O2S2. The average molecular weight is 309 g/mol. The van der Waals surface area contributed by atoms with Crippen molar-refractivity contribution in [3.63, 3.8) is 0 Å². The first kappa shape index (κ1) is 13.5. The number of hydrogen-bond acceptors (Lipinski definition) is 5. The van der Waals surface area contributed by atoms with Crippen molar-refractivity contribution in [2.24, 2.45) is 0 Å². The highest BCUT2D eigenvalue weighted by Gasteiger charge is 2.21. The molecule has 1 fully saturated rings. The number of nitrogens with zero attached hydrogens (tertiary/aromatic N) is 1. The van der Waals surface area contributed by atoms with Crippen LogP contribution >= 0.6 is 11.3 Å². The third-order valence-electron chi connectivity index (χ3n) is 2.95. The van der Waals surface area contributed by atoms with E-state index in [1.807, 2.05) is 6.07 Å². The molecule has 0 aromatic carbocycles. The minimum absolute atomic E-state index is 0.316. The fourth-order valence-electron chi connectivity index (χ4n) is 1.74. The Labute approximate surface area is 122 Å². The molecule has 5 nitrogen and oxygen atoms in total. The molecule has 2 aromatic rings. The van der Waals surface area contributed by atoms with E-state index >= 15 is 0 Å². The van der Waals surface area contributed by atoms with Crippen molar-refractivity contribution >= 4 is 27.2 Å². The summed E-state index contributed by atoms with van der Waals surface area (Å²) in [6.45, 7) is 0.731. The van der Waals surface area contributed by atoms with Crippen LogP contribution in [0.25, 0.3) is 0 Å². The summed E-state index contributed by atoms with van der Waals surface area (Å²) in [5.41, 5.74) is 0. The lowest BCUT2D eigenvalue weighted by Crippen LogP contribution is -2.14. The summed E-state index contributed by atoms with van der Waals surface area (Å²) in [6.07, 6.45) is 3.99. The van der Waals surface area contributed by atoms with Gasteiger partial charge in [0.1, 0.15) is 10.0 Å². The van der Waals surface area contributed by atoms with Crippen LogP contribution in [0.1, 0.15) is 17.7 Å². The van der Waals surface area contributed by atoms with E-state index < -0.39 is 10.0 Å². The summed E-state index contributed by atoms with van der Waals surface area (Å²) in [5.74, 6) is 0.332. The molecule has 0 amide bonds. The molecule has 7 heteroatoms. The van der Waals surface area contributed by atoms with E-state index in [4.69, 9.17) is 0 Å². The molecule has 0 unspecified atom stereocenters. The number of pyridine rings is 1. The van der Waals surface area contributed by atoms with Crippen LogP contribution in [0.5, 0.6) is 0 Å². The minimum atomic E-state index is -3.54. The highest BCUT2D eigenvalue weighted by atomic mass is 32.2. The van der Waals surface area contributed by atoms with Gasteiger partial charge in [-0.25, -0.2) is 13.4 Å². The van der Waals surface area contributed by atoms with Crippen LogP contribution in [0.2, 0.25) is 0 Å². The second kappa shape index (κ2) is 5.51. The van der Waals surface area contributed by atoms with Crippen LogP contribution in [0.3, 0.4) is 0 Å². The molecule has 1 aliphatic rings. The van der Waals surface area contributed by atoms with Crippen LogP contribution < -0.4 is 10.0 Å². The number of nitrogens with one attached hydrogen (secondary N) is 2. The second-order valence-electron chi connectivity index (χ2n) is 4.70. The van der Waals surface area contributed by atoms with Gasteiger partial charge in [-0.1, -0.05) is 6.07 Å². The molecule has 3 rings (SSSR count). The lowest BCUT2D eigenvalue weighted by Gasteiger charge is -2.04.